The number of nitrogens with one attached hydrogen (secondary N) is 2. The fourth-order valence-corrected chi connectivity index (χ4v) is 2.91. The normalized spacial score (nSPS) is 15.8. The summed E-state index contributed by atoms with van der Waals surface area (Å²) in [6.07, 6.45) is 3.58. The van der Waals surface area contributed by atoms with E-state index in [9.17, 15) is 23.5 Å². The van der Waals surface area contributed by atoms with Crippen molar-refractivity contribution >= 4 is 30.8 Å². The molecule has 29 heavy (non-hydrogen) atoms. The van der Waals surface area contributed by atoms with Gasteiger partial charge in [-0.1, -0.05) is 20.3 Å². The van der Waals surface area contributed by atoms with Gasteiger partial charge >= 0.3 is 0 Å². The molecule has 3 atom stereocenters. The summed E-state index contributed by atoms with van der Waals surface area (Å²) in [5.74, 6) is -4.20. The Hall–Kier alpha value is -2.26. The largest absolute Gasteiger partial charge is 0.389 e. The van der Waals surface area contributed by atoms with E-state index in [1.54, 1.807) is 6.92 Å². The Kier molecular flexibility index (Phi) is 9.97. The van der Waals surface area contributed by atoms with Crippen LogP contribution in [0.4, 0.5) is 8.78 Å². The van der Waals surface area contributed by atoms with E-state index in [-0.39, 0.29) is 12.0 Å². The van der Waals surface area contributed by atoms with Gasteiger partial charge in [-0.05, 0) is 42.9 Å². The van der Waals surface area contributed by atoms with Crippen molar-refractivity contribution in [2.75, 3.05) is 0 Å². The zero-order chi connectivity index (χ0) is 22.0. The summed E-state index contributed by atoms with van der Waals surface area (Å²) in [6.45, 7) is 4.90. The maximum Gasteiger partial charge on any atom is 0.247 e. The predicted octanol–water partition coefficient (Wildman–Crippen LogP) is 3.04. The third-order valence-corrected chi connectivity index (χ3v) is 4.60. The summed E-state index contributed by atoms with van der Waals surface area (Å²) in [4.78, 5) is 29.1. The van der Waals surface area contributed by atoms with E-state index in [2.05, 4.69) is 28.3 Å². The molecular formula is C20H27F2N3O3S. The molecule has 0 bridgehead atoms. The van der Waals surface area contributed by atoms with Gasteiger partial charge in [-0.15, -0.1) is 12.6 Å². The van der Waals surface area contributed by atoms with Crippen LogP contribution in [0.1, 0.15) is 51.5 Å². The van der Waals surface area contributed by atoms with Crippen LogP contribution in [-0.2, 0) is 9.59 Å². The zero-order valence-electron chi connectivity index (χ0n) is 16.7. The highest BCUT2D eigenvalue weighted by atomic mass is 32.1. The maximum absolute atomic E-state index is 13.7. The molecule has 0 heterocycles. The van der Waals surface area contributed by atoms with Crippen molar-refractivity contribution in [2.45, 2.75) is 57.6 Å². The van der Waals surface area contributed by atoms with E-state index in [1.165, 1.54) is 18.5 Å². The van der Waals surface area contributed by atoms with Gasteiger partial charge in [0.05, 0.1) is 17.9 Å². The molecule has 6 nitrogen and oxygen atoms in total. The van der Waals surface area contributed by atoms with Crippen LogP contribution in [0.25, 0.3) is 0 Å². The van der Waals surface area contributed by atoms with Crippen molar-refractivity contribution < 1.29 is 23.5 Å². The number of benzene rings is 1. The summed E-state index contributed by atoms with van der Waals surface area (Å²) in [7, 11) is 0. The lowest BCUT2D eigenvalue weighted by atomic mass is 9.80. The lowest BCUT2D eigenvalue weighted by molar-refractivity contribution is -0.133. The highest BCUT2D eigenvalue weighted by molar-refractivity contribution is 7.83. The van der Waals surface area contributed by atoms with Gasteiger partial charge < -0.3 is 15.7 Å². The minimum Gasteiger partial charge on any atom is -0.389 e. The first kappa shape index (κ1) is 24.8. The number of hydrogen-bond acceptors (Lipinski definition) is 5. The molecule has 1 aromatic carbocycles. The lowest BCUT2D eigenvalue weighted by Gasteiger charge is -2.32. The molecule has 2 unspecified atom stereocenters. The summed E-state index contributed by atoms with van der Waals surface area (Å²) in [5.41, 5.74) is -1.60. The first-order chi connectivity index (χ1) is 13.7. The van der Waals surface area contributed by atoms with E-state index in [4.69, 9.17) is 0 Å². The second kappa shape index (κ2) is 11.7. The smallest absolute Gasteiger partial charge is 0.247 e. The molecule has 0 spiro atoms. The van der Waals surface area contributed by atoms with E-state index in [0.29, 0.717) is 18.9 Å². The Balaban J connectivity index is 3.14. The highest BCUT2D eigenvalue weighted by Gasteiger charge is 2.39. The highest BCUT2D eigenvalue weighted by Crippen LogP contribution is 2.32. The summed E-state index contributed by atoms with van der Waals surface area (Å²) in [6, 6.07) is 1.78. The van der Waals surface area contributed by atoms with Crippen molar-refractivity contribution in [3.05, 3.63) is 47.0 Å². The quantitative estimate of drug-likeness (QED) is 0.263. The van der Waals surface area contributed by atoms with Crippen LogP contribution < -0.4 is 10.6 Å². The van der Waals surface area contributed by atoms with Crippen molar-refractivity contribution in [1.29, 1.82) is 0 Å². The van der Waals surface area contributed by atoms with Gasteiger partial charge in [0.1, 0.15) is 17.7 Å². The van der Waals surface area contributed by atoms with Crippen LogP contribution in [0.15, 0.2) is 34.8 Å². The van der Waals surface area contributed by atoms with Gasteiger partial charge in [0, 0.05) is 12.3 Å². The number of amides is 2. The number of carbonyl (C=O) groups is 2. The molecule has 0 aliphatic rings. The van der Waals surface area contributed by atoms with Gasteiger partial charge in [-0.2, -0.15) is 0 Å². The molecule has 9 heteroatoms. The average Bonchev–Trinajstić information content (AvgIpc) is 2.64. The molecule has 0 fully saturated rings. The standard InChI is InChI=1S/C20H27F2N3O3S/c1-4-6-16(18(26)24-12-23-7-8-29)25-19(27)17(20(3,28)5-2)13-9-14(21)11-15(22)10-13/h7-12,16-17,28-29H,4-6H2,1-3H3,(H,25,27)(H,23,24,26)/b8-7-/t16-,17?,20?/m0/s1. The Bertz CT molecular complexity index is 749. The Morgan fingerprint density at radius 3 is 2.38 bits per heavy atom. The van der Waals surface area contributed by atoms with Crippen LogP contribution in [0.3, 0.4) is 0 Å². The third kappa shape index (κ3) is 7.58. The fraction of sp³-hybridized carbons (Fsp3) is 0.450. The first-order valence-electron chi connectivity index (χ1n) is 9.26. The molecule has 0 saturated carbocycles. The minimum atomic E-state index is -1.59. The topological polar surface area (TPSA) is 90.8 Å². The van der Waals surface area contributed by atoms with Crippen LogP contribution in [-0.4, -0.2) is 34.9 Å². The number of rotatable bonds is 10. The summed E-state index contributed by atoms with van der Waals surface area (Å²) < 4.78 is 27.4. The van der Waals surface area contributed by atoms with Gasteiger partial charge in [0.25, 0.3) is 0 Å². The molecule has 0 saturated heterocycles. The molecule has 0 radical (unpaired) electrons. The van der Waals surface area contributed by atoms with E-state index < -0.39 is 41.0 Å². The van der Waals surface area contributed by atoms with Crippen molar-refractivity contribution in [2.24, 2.45) is 4.99 Å². The van der Waals surface area contributed by atoms with Gasteiger partial charge in [0.15, 0.2) is 0 Å². The first-order valence-corrected chi connectivity index (χ1v) is 9.77. The number of hydrogen-bond donors (Lipinski definition) is 4. The van der Waals surface area contributed by atoms with E-state index in [0.717, 1.165) is 18.5 Å². The molecule has 0 aliphatic carbocycles. The summed E-state index contributed by atoms with van der Waals surface area (Å²) >= 11 is 3.83. The molecule has 160 valence electrons. The maximum atomic E-state index is 13.7. The van der Waals surface area contributed by atoms with Crippen LogP contribution in [0.2, 0.25) is 0 Å². The molecule has 0 aromatic heterocycles. The minimum absolute atomic E-state index is 0.0111. The molecule has 1 aromatic rings. The second-order valence-corrected chi connectivity index (χ2v) is 7.08. The zero-order valence-corrected chi connectivity index (χ0v) is 17.5. The van der Waals surface area contributed by atoms with Crippen molar-refractivity contribution in [3.63, 3.8) is 0 Å². The Morgan fingerprint density at radius 2 is 1.86 bits per heavy atom. The average molecular weight is 428 g/mol. The van der Waals surface area contributed by atoms with Gasteiger partial charge in [0.2, 0.25) is 11.8 Å². The third-order valence-electron chi connectivity index (χ3n) is 4.46. The van der Waals surface area contributed by atoms with Gasteiger partial charge in [-0.3, -0.25) is 9.59 Å². The van der Waals surface area contributed by atoms with E-state index in [1.807, 2.05) is 6.92 Å². The fourth-order valence-electron chi connectivity index (χ4n) is 2.83. The SMILES string of the molecule is CCC[C@H](NC(=O)C(c1cc(F)cc(F)c1)C(C)(O)CC)C(=O)NC=N/C=C\S. The second-order valence-electron chi connectivity index (χ2n) is 6.78. The molecule has 1 rings (SSSR count). The predicted molar refractivity (Wildman–Crippen MR) is 112 cm³/mol. The molecular weight excluding hydrogens is 400 g/mol. The lowest BCUT2D eigenvalue weighted by Crippen LogP contribution is -2.51. The molecule has 0 aliphatic heterocycles. The Morgan fingerprint density at radius 1 is 1.24 bits per heavy atom. The van der Waals surface area contributed by atoms with Crippen LogP contribution >= 0.6 is 12.6 Å². The number of halogens is 2. The number of aliphatic imine (C=N–C) groups is 1. The van der Waals surface area contributed by atoms with Crippen molar-refractivity contribution in [1.82, 2.24) is 10.6 Å². The summed E-state index contributed by atoms with van der Waals surface area (Å²) in [5, 5.41) is 17.1. The van der Waals surface area contributed by atoms with Crippen LogP contribution in [0.5, 0.6) is 0 Å². The Labute approximate surface area is 174 Å². The number of aliphatic hydroxyl groups is 1. The molecule has 3 N–H and O–H groups in total. The number of nitrogens with zero attached hydrogens (tertiary/aromatic N) is 1. The molecule has 2 amide bonds. The van der Waals surface area contributed by atoms with Gasteiger partial charge in [-0.25, -0.2) is 13.8 Å². The number of carbonyl (C=O) groups excluding carboxylic acids is 2. The number of thiol groups is 1. The monoisotopic (exact) mass is 427 g/mol. The van der Waals surface area contributed by atoms with E-state index >= 15 is 0 Å². The van der Waals surface area contributed by atoms with Crippen molar-refractivity contribution in [3.8, 4) is 0 Å². The van der Waals surface area contributed by atoms with Crippen LogP contribution in [0, 0.1) is 11.6 Å².